The van der Waals surface area contributed by atoms with E-state index in [1.165, 1.54) is 0 Å². The van der Waals surface area contributed by atoms with Gasteiger partial charge in [0.15, 0.2) is 5.01 Å². The lowest BCUT2D eigenvalue weighted by Gasteiger charge is -2.07. The fourth-order valence-electron chi connectivity index (χ4n) is 0.993. The van der Waals surface area contributed by atoms with E-state index in [0.717, 1.165) is 12.6 Å². The molecule has 0 aliphatic rings. The number of ether oxygens (including phenoxy) is 1. The van der Waals surface area contributed by atoms with Crippen LogP contribution in [-0.4, -0.2) is 23.3 Å². The second kappa shape index (κ2) is 5.60. The predicted molar refractivity (Wildman–Crippen MR) is 53.2 cm³/mol. The van der Waals surface area contributed by atoms with Crippen molar-refractivity contribution in [3.8, 4) is 0 Å². The van der Waals surface area contributed by atoms with Crippen LogP contribution < -0.4 is 0 Å². The monoisotopic (exact) mass is 255 g/mol. The number of thiazole rings is 1. The Balaban J connectivity index is 2.56. The van der Waals surface area contributed by atoms with E-state index in [2.05, 4.69) is 4.98 Å². The second-order valence-electron chi connectivity index (χ2n) is 3.16. The zero-order chi connectivity index (χ0) is 12.2. The molecule has 1 aromatic rings. The van der Waals surface area contributed by atoms with Crippen LogP contribution in [-0.2, 0) is 10.9 Å². The highest BCUT2D eigenvalue weighted by Crippen LogP contribution is 2.34. The Labute approximate surface area is 94.9 Å². The Morgan fingerprint density at radius 3 is 2.75 bits per heavy atom. The third-order valence-electron chi connectivity index (χ3n) is 1.72. The quantitative estimate of drug-likeness (QED) is 0.822. The first-order valence-corrected chi connectivity index (χ1v) is 5.55. The summed E-state index contributed by atoms with van der Waals surface area (Å²) in [5.74, 6) is 0. The number of alkyl halides is 3. The standard InChI is InChI=1S/C9H12F3NO2S/c1-2-3-15-5-6(14)7-4-13-8(16-7)9(10,11)12/h4,6,14H,2-3,5H2,1H3. The SMILES string of the molecule is CCCOCC(O)c1cnc(C(F)(F)F)s1. The summed E-state index contributed by atoms with van der Waals surface area (Å²) in [4.78, 5) is 3.38. The molecule has 1 unspecified atom stereocenters. The van der Waals surface area contributed by atoms with Crippen molar-refractivity contribution >= 4 is 11.3 Å². The molecule has 1 heterocycles. The third-order valence-corrected chi connectivity index (χ3v) is 2.86. The number of hydrogen-bond donors (Lipinski definition) is 1. The van der Waals surface area contributed by atoms with Gasteiger partial charge in [0.2, 0.25) is 0 Å². The van der Waals surface area contributed by atoms with E-state index in [-0.39, 0.29) is 11.5 Å². The number of aromatic nitrogens is 1. The molecular formula is C9H12F3NO2S. The maximum atomic E-state index is 12.2. The molecule has 1 atom stereocenters. The molecule has 0 fully saturated rings. The Morgan fingerprint density at radius 2 is 2.25 bits per heavy atom. The molecule has 0 spiro atoms. The molecule has 0 aliphatic carbocycles. The van der Waals surface area contributed by atoms with Gasteiger partial charge in [-0.3, -0.25) is 0 Å². The zero-order valence-electron chi connectivity index (χ0n) is 8.62. The number of aliphatic hydroxyl groups is 1. The van der Waals surface area contributed by atoms with Gasteiger partial charge in [-0.2, -0.15) is 13.2 Å². The summed E-state index contributed by atoms with van der Waals surface area (Å²) in [6.07, 6.45) is -3.66. The first kappa shape index (κ1) is 13.4. The van der Waals surface area contributed by atoms with E-state index < -0.39 is 17.3 Å². The molecule has 16 heavy (non-hydrogen) atoms. The smallest absolute Gasteiger partial charge is 0.385 e. The van der Waals surface area contributed by atoms with Crippen molar-refractivity contribution in [2.24, 2.45) is 0 Å². The Hall–Kier alpha value is -0.660. The van der Waals surface area contributed by atoms with E-state index in [4.69, 9.17) is 4.74 Å². The van der Waals surface area contributed by atoms with Crippen LogP contribution in [0.2, 0.25) is 0 Å². The average molecular weight is 255 g/mol. The first-order valence-electron chi connectivity index (χ1n) is 4.74. The van der Waals surface area contributed by atoms with Crippen LogP contribution >= 0.6 is 11.3 Å². The molecule has 0 bridgehead atoms. The molecule has 0 radical (unpaired) electrons. The molecule has 1 N–H and O–H groups in total. The minimum Gasteiger partial charge on any atom is -0.385 e. The Bertz CT molecular complexity index is 327. The van der Waals surface area contributed by atoms with Gasteiger partial charge < -0.3 is 9.84 Å². The molecule has 1 aromatic heterocycles. The van der Waals surface area contributed by atoms with Crippen molar-refractivity contribution in [1.29, 1.82) is 0 Å². The summed E-state index contributed by atoms with van der Waals surface area (Å²) in [5, 5.41) is 8.56. The Kier molecular flexibility index (Phi) is 4.69. The van der Waals surface area contributed by atoms with E-state index in [0.29, 0.717) is 17.9 Å². The van der Waals surface area contributed by atoms with Crippen LogP contribution in [0.3, 0.4) is 0 Å². The summed E-state index contributed by atoms with van der Waals surface area (Å²) >= 11 is 0.440. The van der Waals surface area contributed by atoms with Crippen molar-refractivity contribution < 1.29 is 23.0 Å². The van der Waals surface area contributed by atoms with Gasteiger partial charge in [0.25, 0.3) is 0 Å². The van der Waals surface area contributed by atoms with Gasteiger partial charge in [0.1, 0.15) is 6.10 Å². The highest BCUT2D eigenvalue weighted by atomic mass is 32.1. The van der Waals surface area contributed by atoms with Crippen LogP contribution in [0.25, 0.3) is 0 Å². The number of hydrogen-bond acceptors (Lipinski definition) is 4. The van der Waals surface area contributed by atoms with Crippen molar-refractivity contribution in [2.45, 2.75) is 25.6 Å². The number of rotatable bonds is 5. The van der Waals surface area contributed by atoms with Gasteiger partial charge in [0, 0.05) is 12.8 Å². The van der Waals surface area contributed by atoms with E-state index >= 15 is 0 Å². The highest BCUT2D eigenvalue weighted by Gasteiger charge is 2.35. The molecule has 0 amide bonds. The minimum absolute atomic E-state index is 0.00662. The molecule has 7 heteroatoms. The average Bonchev–Trinajstić information content (AvgIpc) is 2.66. The summed E-state index contributed by atoms with van der Waals surface area (Å²) in [7, 11) is 0. The van der Waals surface area contributed by atoms with Crippen LogP contribution in [0.5, 0.6) is 0 Å². The topological polar surface area (TPSA) is 42.4 Å². The van der Waals surface area contributed by atoms with Crippen molar-refractivity contribution in [1.82, 2.24) is 4.98 Å². The van der Waals surface area contributed by atoms with Gasteiger partial charge in [-0.25, -0.2) is 4.98 Å². The maximum Gasteiger partial charge on any atom is 0.443 e. The van der Waals surface area contributed by atoms with Gasteiger partial charge in [-0.1, -0.05) is 6.92 Å². The van der Waals surface area contributed by atoms with Gasteiger partial charge in [0.05, 0.1) is 11.5 Å². The number of aliphatic hydroxyl groups excluding tert-OH is 1. The van der Waals surface area contributed by atoms with Crippen LogP contribution in [0.15, 0.2) is 6.20 Å². The lowest BCUT2D eigenvalue weighted by atomic mass is 10.3. The molecule has 0 saturated carbocycles. The number of halogens is 3. The fraction of sp³-hybridized carbons (Fsp3) is 0.667. The summed E-state index contributed by atoms with van der Waals surface area (Å²) < 4.78 is 41.7. The molecule has 3 nitrogen and oxygen atoms in total. The summed E-state index contributed by atoms with van der Waals surface area (Å²) in [6.45, 7) is 2.37. The van der Waals surface area contributed by atoms with Gasteiger partial charge in [-0.15, -0.1) is 11.3 Å². The van der Waals surface area contributed by atoms with Crippen molar-refractivity contribution in [3.63, 3.8) is 0 Å². The fourth-order valence-corrected chi connectivity index (χ4v) is 1.75. The van der Waals surface area contributed by atoms with Crippen molar-refractivity contribution in [3.05, 3.63) is 16.1 Å². The van der Waals surface area contributed by atoms with Crippen LogP contribution in [0, 0.1) is 0 Å². The largest absolute Gasteiger partial charge is 0.443 e. The Morgan fingerprint density at radius 1 is 1.56 bits per heavy atom. The molecular weight excluding hydrogens is 243 g/mol. The molecule has 0 aliphatic heterocycles. The lowest BCUT2D eigenvalue weighted by molar-refractivity contribution is -0.137. The zero-order valence-corrected chi connectivity index (χ0v) is 9.44. The van der Waals surface area contributed by atoms with Crippen molar-refractivity contribution in [2.75, 3.05) is 13.2 Å². The normalized spacial score (nSPS) is 14.1. The van der Waals surface area contributed by atoms with Gasteiger partial charge >= 0.3 is 6.18 Å². The summed E-state index contributed by atoms with van der Waals surface area (Å²) in [6, 6.07) is 0. The third kappa shape index (κ3) is 3.73. The number of nitrogens with zero attached hydrogens (tertiary/aromatic N) is 1. The first-order chi connectivity index (χ1) is 7.45. The molecule has 0 aromatic carbocycles. The molecule has 92 valence electrons. The second-order valence-corrected chi connectivity index (χ2v) is 4.22. The van der Waals surface area contributed by atoms with Crippen LogP contribution in [0.1, 0.15) is 29.3 Å². The van der Waals surface area contributed by atoms with Gasteiger partial charge in [-0.05, 0) is 6.42 Å². The minimum atomic E-state index is -4.45. The van der Waals surface area contributed by atoms with E-state index in [1.54, 1.807) is 0 Å². The highest BCUT2D eigenvalue weighted by molar-refractivity contribution is 7.11. The lowest BCUT2D eigenvalue weighted by Crippen LogP contribution is -2.06. The maximum absolute atomic E-state index is 12.2. The van der Waals surface area contributed by atoms with Crippen LogP contribution in [0.4, 0.5) is 13.2 Å². The predicted octanol–water partition coefficient (Wildman–Crippen LogP) is 2.62. The summed E-state index contributed by atoms with van der Waals surface area (Å²) in [5.41, 5.74) is 0. The van der Waals surface area contributed by atoms with E-state index in [9.17, 15) is 18.3 Å². The molecule has 0 saturated heterocycles. The van der Waals surface area contributed by atoms with E-state index in [1.807, 2.05) is 6.92 Å². The molecule has 1 rings (SSSR count).